The molecule has 0 unspecified atom stereocenters. The number of pyridine rings is 1. The smallest absolute Gasteiger partial charge is 0.252 e. The number of carbonyl (C=O) groups excluding carboxylic acids is 2. The number of anilines is 1. The van der Waals surface area contributed by atoms with Crippen molar-refractivity contribution in [3.05, 3.63) is 78.1 Å². The van der Waals surface area contributed by atoms with Crippen molar-refractivity contribution >= 4 is 29.3 Å². The van der Waals surface area contributed by atoms with Crippen molar-refractivity contribution in [3.8, 4) is 11.5 Å². The van der Waals surface area contributed by atoms with Crippen LogP contribution in [0.4, 0.5) is 5.69 Å². The molecule has 0 spiro atoms. The Kier molecular flexibility index (Phi) is 6.14. The molecule has 0 saturated carbocycles. The molecule has 2 aromatic carbocycles. The molecule has 2 N–H and O–H groups in total. The molecule has 30 heavy (non-hydrogen) atoms. The summed E-state index contributed by atoms with van der Waals surface area (Å²) in [6.45, 7) is 0.519. The SMILES string of the molecule is O=C(CSc1ccccc1C(=O)NCc1ccccn1)Nc1ccc2c(c1)OCO2. The van der Waals surface area contributed by atoms with Crippen LogP contribution >= 0.6 is 11.8 Å². The normalized spacial score (nSPS) is 11.7. The molecule has 1 aromatic heterocycles. The molecule has 0 radical (unpaired) electrons. The highest BCUT2D eigenvalue weighted by Gasteiger charge is 2.15. The molecule has 0 bridgehead atoms. The van der Waals surface area contributed by atoms with Gasteiger partial charge in [-0.05, 0) is 36.4 Å². The van der Waals surface area contributed by atoms with E-state index >= 15 is 0 Å². The summed E-state index contributed by atoms with van der Waals surface area (Å²) in [6.07, 6.45) is 1.68. The van der Waals surface area contributed by atoms with Crippen molar-refractivity contribution in [2.24, 2.45) is 0 Å². The van der Waals surface area contributed by atoms with Crippen LogP contribution < -0.4 is 20.1 Å². The zero-order valence-corrected chi connectivity index (χ0v) is 16.8. The van der Waals surface area contributed by atoms with Gasteiger partial charge < -0.3 is 20.1 Å². The molecule has 0 atom stereocenters. The molecule has 1 aliphatic rings. The Morgan fingerprint density at radius 2 is 1.83 bits per heavy atom. The first-order chi connectivity index (χ1) is 14.7. The lowest BCUT2D eigenvalue weighted by atomic mass is 10.2. The van der Waals surface area contributed by atoms with Crippen LogP contribution in [0.3, 0.4) is 0 Å². The zero-order valence-electron chi connectivity index (χ0n) is 16.0. The van der Waals surface area contributed by atoms with Crippen molar-refractivity contribution in [1.29, 1.82) is 0 Å². The van der Waals surface area contributed by atoms with Crippen LogP contribution in [-0.2, 0) is 11.3 Å². The molecule has 152 valence electrons. The number of fused-ring (bicyclic) bond motifs is 1. The monoisotopic (exact) mass is 421 g/mol. The number of aromatic nitrogens is 1. The number of nitrogens with one attached hydrogen (secondary N) is 2. The minimum Gasteiger partial charge on any atom is -0.454 e. The number of ether oxygens (including phenoxy) is 2. The van der Waals surface area contributed by atoms with Crippen molar-refractivity contribution in [1.82, 2.24) is 10.3 Å². The number of thioether (sulfide) groups is 1. The van der Waals surface area contributed by atoms with E-state index in [9.17, 15) is 9.59 Å². The largest absolute Gasteiger partial charge is 0.454 e. The van der Waals surface area contributed by atoms with E-state index in [1.807, 2.05) is 30.3 Å². The summed E-state index contributed by atoms with van der Waals surface area (Å²) < 4.78 is 10.6. The van der Waals surface area contributed by atoms with Crippen LogP contribution in [-0.4, -0.2) is 29.3 Å². The van der Waals surface area contributed by atoms with Gasteiger partial charge in [-0.1, -0.05) is 18.2 Å². The third-order valence-electron chi connectivity index (χ3n) is 4.30. The molecule has 2 heterocycles. The maximum atomic E-state index is 12.6. The Morgan fingerprint density at radius 3 is 2.70 bits per heavy atom. The summed E-state index contributed by atoms with van der Waals surface area (Å²) in [4.78, 5) is 29.9. The van der Waals surface area contributed by atoms with Crippen LogP contribution in [0, 0.1) is 0 Å². The van der Waals surface area contributed by atoms with Crippen LogP contribution in [0.15, 0.2) is 71.8 Å². The van der Waals surface area contributed by atoms with Crippen LogP contribution in [0.5, 0.6) is 11.5 Å². The van der Waals surface area contributed by atoms with Gasteiger partial charge in [-0.25, -0.2) is 0 Å². The summed E-state index contributed by atoms with van der Waals surface area (Å²) in [6, 6.07) is 18.0. The summed E-state index contributed by atoms with van der Waals surface area (Å²) in [7, 11) is 0. The third-order valence-corrected chi connectivity index (χ3v) is 5.38. The fourth-order valence-electron chi connectivity index (χ4n) is 2.86. The first-order valence-electron chi connectivity index (χ1n) is 9.28. The van der Waals surface area contributed by atoms with Gasteiger partial charge >= 0.3 is 0 Å². The molecule has 0 aliphatic carbocycles. The summed E-state index contributed by atoms with van der Waals surface area (Å²) in [5.74, 6) is 1.05. The van der Waals surface area contributed by atoms with E-state index in [0.717, 1.165) is 10.6 Å². The number of carbonyl (C=O) groups is 2. The Morgan fingerprint density at radius 1 is 1.00 bits per heavy atom. The van der Waals surface area contributed by atoms with E-state index in [-0.39, 0.29) is 24.4 Å². The quantitative estimate of drug-likeness (QED) is 0.568. The molecule has 3 aromatic rings. The van der Waals surface area contributed by atoms with E-state index in [4.69, 9.17) is 9.47 Å². The van der Waals surface area contributed by atoms with Gasteiger partial charge in [0.2, 0.25) is 12.7 Å². The van der Waals surface area contributed by atoms with Gasteiger partial charge in [-0.15, -0.1) is 11.8 Å². The van der Waals surface area contributed by atoms with Gasteiger partial charge in [-0.3, -0.25) is 14.6 Å². The highest BCUT2D eigenvalue weighted by atomic mass is 32.2. The van der Waals surface area contributed by atoms with Gasteiger partial charge in [0.1, 0.15) is 0 Å². The van der Waals surface area contributed by atoms with E-state index in [1.54, 1.807) is 36.5 Å². The average molecular weight is 421 g/mol. The first kappa shape index (κ1) is 19.8. The molecule has 0 fully saturated rings. The molecule has 0 saturated heterocycles. The second kappa shape index (κ2) is 9.32. The Hall–Kier alpha value is -3.52. The maximum Gasteiger partial charge on any atom is 0.252 e. The molecule has 4 rings (SSSR count). The summed E-state index contributed by atoms with van der Waals surface area (Å²) in [5.41, 5.74) is 1.93. The van der Waals surface area contributed by atoms with Crippen LogP contribution in [0.25, 0.3) is 0 Å². The van der Waals surface area contributed by atoms with E-state index in [0.29, 0.717) is 29.3 Å². The van der Waals surface area contributed by atoms with E-state index in [2.05, 4.69) is 15.6 Å². The second-order valence-corrected chi connectivity index (χ2v) is 7.42. The molecular formula is C22H19N3O4S. The highest BCUT2D eigenvalue weighted by Crippen LogP contribution is 2.34. The number of nitrogens with zero attached hydrogens (tertiary/aromatic N) is 1. The Bertz CT molecular complexity index is 1060. The van der Waals surface area contributed by atoms with Crippen LogP contribution in [0.1, 0.15) is 16.1 Å². The highest BCUT2D eigenvalue weighted by molar-refractivity contribution is 8.00. The zero-order chi connectivity index (χ0) is 20.8. The lowest BCUT2D eigenvalue weighted by Crippen LogP contribution is -2.24. The second-order valence-electron chi connectivity index (χ2n) is 6.40. The summed E-state index contributed by atoms with van der Waals surface area (Å²) >= 11 is 1.31. The molecule has 7 nitrogen and oxygen atoms in total. The van der Waals surface area contributed by atoms with Gasteiger partial charge in [0.15, 0.2) is 11.5 Å². The van der Waals surface area contributed by atoms with Gasteiger partial charge in [0.05, 0.1) is 23.6 Å². The van der Waals surface area contributed by atoms with Gasteiger partial charge in [0.25, 0.3) is 5.91 Å². The predicted molar refractivity (Wildman–Crippen MR) is 114 cm³/mol. The van der Waals surface area contributed by atoms with Gasteiger partial charge in [-0.2, -0.15) is 0 Å². The van der Waals surface area contributed by atoms with Crippen molar-refractivity contribution < 1.29 is 19.1 Å². The number of benzene rings is 2. The third kappa shape index (κ3) is 4.90. The molecule has 8 heteroatoms. The fraction of sp³-hybridized carbons (Fsp3) is 0.136. The van der Waals surface area contributed by atoms with Gasteiger partial charge in [0, 0.05) is 22.8 Å². The lowest BCUT2D eigenvalue weighted by molar-refractivity contribution is -0.113. The Balaban J connectivity index is 1.34. The minimum absolute atomic E-state index is 0.166. The van der Waals surface area contributed by atoms with E-state index in [1.165, 1.54) is 11.8 Å². The topological polar surface area (TPSA) is 89.6 Å². The molecule has 2 amide bonds. The summed E-state index contributed by atoms with van der Waals surface area (Å²) in [5, 5.41) is 5.70. The predicted octanol–water partition coefficient (Wildman–Crippen LogP) is 3.47. The fourth-order valence-corrected chi connectivity index (χ4v) is 3.71. The average Bonchev–Trinajstić information content (AvgIpc) is 3.25. The standard InChI is InChI=1S/C22H19N3O4S/c26-21(25-15-8-9-18-19(11-15)29-14-28-18)13-30-20-7-2-1-6-17(20)22(27)24-12-16-5-3-4-10-23-16/h1-11H,12-14H2,(H,24,27)(H,25,26). The van der Waals surface area contributed by atoms with E-state index < -0.39 is 0 Å². The van der Waals surface area contributed by atoms with Crippen LogP contribution in [0.2, 0.25) is 0 Å². The van der Waals surface area contributed by atoms with Crippen molar-refractivity contribution in [2.75, 3.05) is 17.9 Å². The van der Waals surface area contributed by atoms with Crippen molar-refractivity contribution in [2.45, 2.75) is 11.4 Å². The molecular weight excluding hydrogens is 402 g/mol. The maximum absolute atomic E-state index is 12.6. The first-order valence-corrected chi connectivity index (χ1v) is 10.3. The Labute approximate surface area is 177 Å². The van der Waals surface area contributed by atoms with Crippen molar-refractivity contribution in [3.63, 3.8) is 0 Å². The number of hydrogen-bond acceptors (Lipinski definition) is 6. The number of hydrogen-bond donors (Lipinski definition) is 2. The molecule has 1 aliphatic heterocycles. The number of amides is 2. The number of rotatable bonds is 7. The minimum atomic E-state index is -0.208. The lowest BCUT2D eigenvalue weighted by Gasteiger charge is -2.10.